The van der Waals surface area contributed by atoms with Gasteiger partial charge >= 0.3 is 5.97 Å². The van der Waals surface area contributed by atoms with Crippen LogP contribution in [0.3, 0.4) is 0 Å². The summed E-state index contributed by atoms with van der Waals surface area (Å²) in [6.07, 6.45) is 2.37. The number of hydrogen-bond acceptors (Lipinski definition) is 3. The molecule has 2 N–H and O–H groups in total. The smallest absolute Gasteiger partial charge is 0.326 e. The molecule has 7 heteroatoms. The number of nitrogens with one attached hydrogen (secondary N) is 1. The molecule has 1 aromatic rings. The SMILES string of the molecule is C=CCCC(NC(=O)C1CC(=O)N(c2ccccc2Cl)C1)C(=O)O. The number of rotatable bonds is 7. The van der Waals surface area contributed by atoms with Crippen LogP contribution in [0.5, 0.6) is 0 Å². The van der Waals surface area contributed by atoms with Gasteiger partial charge in [-0.1, -0.05) is 29.8 Å². The first kappa shape index (κ1) is 18.0. The molecule has 1 heterocycles. The number of nitrogens with zero attached hydrogens (tertiary/aromatic N) is 1. The van der Waals surface area contributed by atoms with Crippen LogP contribution in [0.25, 0.3) is 0 Å². The summed E-state index contributed by atoms with van der Waals surface area (Å²) < 4.78 is 0. The predicted octanol–water partition coefficient (Wildman–Crippen LogP) is 2.23. The van der Waals surface area contributed by atoms with E-state index < -0.39 is 23.8 Å². The quantitative estimate of drug-likeness (QED) is 0.738. The summed E-state index contributed by atoms with van der Waals surface area (Å²) in [6.45, 7) is 3.72. The van der Waals surface area contributed by atoms with E-state index in [0.29, 0.717) is 17.1 Å². The number of anilines is 1. The standard InChI is InChI=1S/C17H19ClN2O4/c1-2-3-7-13(17(23)24)19-16(22)11-9-15(21)20(10-11)14-8-5-4-6-12(14)18/h2,4-6,8,11,13H,1,3,7,9-10H2,(H,19,22)(H,23,24). The third-order valence-corrected chi connectivity index (χ3v) is 4.23. The van der Waals surface area contributed by atoms with Crippen molar-refractivity contribution in [2.24, 2.45) is 5.92 Å². The van der Waals surface area contributed by atoms with E-state index in [1.165, 1.54) is 4.90 Å². The van der Waals surface area contributed by atoms with Crippen molar-refractivity contribution in [1.82, 2.24) is 5.32 Å². The van der Waals surface area contributed by atoms with E-state index in [4.69, 9.17) is 16.7 Å². The fourth-order valence-corrected chi connectivity index (χ4v) is 2.86. The van der Waals surface area contributed by atoms with Gasteiger partial charge in [-0.05, 0) is 25.0 Å². The van der Waals surface area contributed by atoms with Crippen LogP contribution < -0.4 is 10.2 Å². The minimum atomic E-state index is -1.10. The first-order chi connectivity index (χ1) is 11.4. The van der Waals surface area contributed by atoms with Gasteiger partial charge in [0.15, 0.2) is 0 Å². The van der Waals surface area contributed by atoms with E-state index >= 15 is 0 Å². The largest absolute Gasteiger partial charge is 0.480 e. The van der Waals surface area contributed by atoms with Gasteiger partial charge in [0.2, 0.25) is 11.8 Å². The molecule has 2 atom stereocenters. The first-order valence-corrected chi connectivity index (χ1v) is 8.00. The van der Waals surface area contributed by atoms with Crippen molar-refractivity contribution in [3.05, 3.63) is 41.9 Å². The Bertz CT molecular complexity index is 662. The number of halogens is 1. The van der Waals surface area contributed by atoms with Crippen LogP contribution in [0.1, 0.15) is 19.3 Å². The first-order valence-electron chi connectivity index (χ1n) is 7.63. The highest BCUT2D eigenvalue weighted by molar-refractivity contribution is 6.33. The van der Waals surface area contributed by atoms with Crippen molar-refractivity contribution < 1.29 is 19.5 Å². The van der Waals surface area contributed by atoms with Gasteiger partial charge in [0.25, 0.3) is 0 Å². The second-order valence-corrected chi connectivity index (χ2v) is 6.03. The molecule has 0 spiro atoms. The number of carbonyl (C=O) groups is 3. The fraction of sp³-hybridized carbons (Fsp3) is 0.353. The van der Waals surface area contributed by atoms with Crippen molar-refractivity contribution in [2.75, 3.05) is 11.4 Å². The van der Waals surface area contributed by atoms with Crippen LogP contribution in [0.15, 0.2) is 36.9 Å². The van der Waals surface area contributed by atoms with Crippen molar-refractivity contribution in [3.8, 4) is 0 Å². The van der Waals surface area contributed by atoms with Gasteiger partial charge in [0.1, 0.15) is 6.04 Å². The molecule has 1 saturated heterocycles. The summed E-state index contributed by atoms with van der Waals surface area (Å²) in [5.41, 5.74) is 0.556. The van der Waals surface area contributed by atoms with Gasteiger partial charge in [0, 0.05) is 13.0 Å². The molecule has 0 aliphatic carbocycles. The van der Waals surface area contributed by atoms with E-state index in [1.807, 2.05) is 0 Å². The molecule has 1 fully saturated rings. The number of carboxylic acids is 1. The number of para-hydroxylation sites is 1. The van der Waals surface area contributed by atoms with Gasteiger partial charge in [0.05, 0.1) is 16.6 Å². The summed E-state index contributed by atoms with van der Waals surface area (Å²) in [5.74, 6) is -2.34. The molecule has 0 aromatic heterocycles. The van der Waals surface area contributed by atoms with Crippen molar-refractivity contribution in [2.45, 2.75) is 25.3 Å². The van der Waals surface area contributed by atoms with E-state index in [2.05, 4.69) is 11.9 Å². The summed E-state index contributed by atoms with van der Waals surface area (Å²) in [7, 11) is 0. The second kappa shape index (κ2) is 7.97. The predicted molar refractivity (Wildman–Crippen MR) is 90.9 cm³/mol. The highest BCUT2D eigenvalue weighted by Gasteiger charge is 2.37. The lowest BCUT2D eigenvalue weighted by Crippen LogP contribution is -2.44. The normalized spacial score (nSPS) is 18.3. The molecule has 2 rings (SSSR count). The molecule has 1 aromatic carbocycles. The van der Waals surface area contributed by atoms with Crippen LogP contribution in [0.2, 0.25) is 5.02 Å². The number of aliphatic carboxylic acids is 1. The Morgan fingerprint density at radius 2 is 2.17 bits per heavy atom. The zero-order valence-electron chi connectivity index (χ0n) is 13.1. The van der Waals surface area contributed by atoms with Crippen LogP contribution >= 0.6 is 11.6 Å². The highest BCUT2D eigenvalue weighted by Crippen LogP contribution is 2.31. The maximum Gasteiger partial charge on any atom is 0.326 e. The molecule has 2 unspecified atom stereocenters. The van der Waals surface area contributed by atoms with Crippen molar-refractivity contribution in [3.63, 3.8) is 0 Å². The Balaban J connectivity index is 2.04. The molecular formula is C17H19ClN2O4. The van der Waals surface area contributed by atoms with E-state index in [1.54, 1.807) is 30.3 Å². The number of carboxylic acid groups (broad SMARTS) is 1. The van der Waals surface area contributed by atoms with E-state index in [-0.39, 0.29) is 25.3 Å². The monoisotopic (exact) mass is 350 g/mol. The number of amides is 2. The topological polar surface area (TPSA) is 86.7 Å². The Kier molecular flexibility index (Phi) is 5.98. The van der Waals surface area contributed by atoms with Crippen molar-refractivity contribution >= 4 is 35.1 Å². The Hall–Kier alpha value is -2.34. The molecular weight excluding hydrogens is 332 g/mol. The van der Waals surface area contributed by atoms with Gasteiger partial charge in [-0.25, -0.2) is 4.79 Å². The third kappa shape index (κ3) is 4.14. The minimum absolute atomic E-state index is 0.0326. The third-order valence-electron chi connectivity index (χ3n) is 3.91. The zero-order chi connectivity index (χ0) is 17.7. The average Bonchev–Trinajstić information content (AvgIpc) is 2.93. The number of benzene rings is 1. The lowest BCUT2D eigenvalue weighted by atomic mass is 10.1. The van der Waals surface area contributed by atoms with Crippen LogP contribution in [0.4, 0.5) is 5.69 Å². The summed E-state index contributed by atoms with van der Waals surface area (Å²) in [6, 6.07) is 5.92. The van der Waals surface area contributed by atoms with Gasteiger partial charge in [-0.2, -0.15) is 0 Å². The average molecular weight is 351 g/mol. The van der Waals surface area contributed by atoms with E-state index in [9.17, 15) is 14.4 Å². The zero-order valence-corrected chi connectivity index (χ0v) is 13.8. The molecule has 2 amide bonds. The molecule has 1 aliphatic heterocycles. The van der Waals surface area contributed by atoms with Crippen LogP contribution in [0, 0.1) is 5.92 Å². The molecule has 0 bridgehead atoms. The minimum Gasteiger partial charge on any atom is -0.480 e. The summed E-state index contributed by atoms with van der Waals surface area (Å²) in [5, 5.41) is 12.1. The molecule has 0 saturated carbocycles. The van der Waals surface area contributed by atoms with Crippen LogP contribution in [-0.2, 0) is 14.4 Å². The lowest BCUT2D eigenvalue weighted by molar-refractivity contribution is -0.142. The molecule has 24 heavy (non-hydrogen) atoms. The summed E-state index contributed by atoms with van der Waals surface area (Å²) in [4.78, 5) is 37.2. The fourth-order valence-electron chi connectivity index (χ4n) is 2.62. The number of allylic oxidation sites excluding steroid dienone is 1. The maximum absolute atomic E-state index is 12.3. The highest BCUT2D eigenvalue weighted by atomic mass is 35.5. The lowest BCUT2D eigenvalue weighted by Gasteiger charge is -2.19. The number of hydrogen-bond donors (Lipinski definition) is 2. The molecule has 0 radical (unpaired) electrons. The molecule has 128 valence electrons. The van der Waals surface area contributed by atoms with E-state index in [0.717, 1.165) is 0 Å². The number of carbonyl (C=O) groups excluding carboxylic acids is 2. The van der Waals surface area contributed by atoms with Gasteiger partial charge in [-0.3, -0.25) is 9.59 Å². The Morgan fingerprint density at radius 3 is 2.79 bits per heavy atom. The van der Waals surface area contributed by atoms with Gasteiger partial charge in [-0.15, -0.1) is 6.58 Å². The molecule has 1 aliphatic rings. The molecule has 6 nitrogen and oxygen atoms in total. The van der Waals surface area contributed by atoms with Gasteiger partial charge < -0.3 is 15.3 Å². The second-order valence-electron chi connectivity index (χ2n) is 5.62. The summed E-state index contributed by atoms with van der Waals surface area (Å²) >= 11 is 6.10. The van der Waals surface area contributed by atoms with Crippen molar-refractivity contribution in [1.29, 1.82) is 0 Å². The van der Waals surface area contributed by atoms with Crippen LogP contribution in [-0.4, -0.2) is 35.5 Å². The Labute approximate surface area is 145 Å². The Morgan fingerprint density at radius 1 is 1.46 bits per heavy atom. The maximum atomic E-state index is 12.3.